The van der Waals surface area contributed by atoms with E-state index in [1.165, 1.54) is 0 Å². The van der Waals surface area contributed by atoms with E-state index in [9.17, 15) is 4.79 Å². The summed E-state index contributed by atoms with van der Waals surface area (Å²) in [5, 5.41) is 5.63. The zero-order chi connectivity index (χ0) is 16.9. The molecule has 2 aromatic carbocycles. The first kappa shape index (κ1) is 16.2. The Morgan fingerprint density at radius 2 is 1.71 bits per heavy atom. The van der Waals surface area contributed by atoms with Gasteiger partial charge in [0.2, 0.25) is 0 Å². The van der Waals surface area contributed by atoms with Crippen molar-refractivity contribution in [2.75, 3.05) is 10.6 Å². The molecule has 5 heteroatoms. The molecule has 120 valence electrons. The molecule has 0 aliphatic carbocycles. The van der Waals surface area contributed by atoms with Crippen molar-refractivity contribution in [3.05, 3.63) is 77.0 Å². The molecule has 0 saturated carbocycles. The summed E-state index contributed by atoms with van der Waals surface area (Å²) in [6.45, 7) is 1.96. The predicted octanol–water partition coefficient (Wildman–Crippen LogP) is 5.46. The summed E-state index contributed by atoms with van der Waals surface area (Å²) >= 11 is 3.40. The number of nitrogens with zero attached hydrogens (tertiary/aromatic N) is 1. The number of rotatable bonds is 3. The Hall–Kier alpha value is -2.66. The SMILES string of the molecule is Cc1cc(-c2ccc(NC(=O)Nc3ccccc3Br)cc2)ccn1. The number of halogens is 1. The molecule has 2 N–H and O–H groups in total. The van der Waals surface area contributed by atoms with E-state index in [-0.39, 0.29) is 6.03 Å². The van der Waals surface area contributed by atoms with Gasteiger partial charge in [0.05, 0.1) is 5.69 Å². The van der Waals surface area contributed by atoms with E-state index < -0.39 is 0 Å². The number of pyridine rings is 1. The number of urea groups is 1. The first-order valence-corrected chi connectivity index (χ1v) is 8.27. The van der Waals surface area contributed by atoms with Gasteiger partial charge in [-0.15, -0.1) is 0 Å². The third-order valence-electron chi connectivity index (χ3n) is 3.49. The molecule has 0 saturated heterocycles. The number of carbonyl (C=O) groups excluding carboxylic acids is 1. The summed E-state index contributed by atoms with van der Waals surface area (Å²) in [5.74, 6) is 0. The lowest BCUT2D eigenvalue weighted by Crippen LogP contribution is -2.19. The highest BCUT2D eigenvalue weighted by molar-refractivity contribution is 9.10. The molecule has 24 heavy (non-hydrogen) atoms. The second-order valence-corrected chi connectivity index (χ2v) is 6.18. The van der Waals surface area contributed by atoms with Crippen LogP contribution in [-0.4, -0.2) is 11.0 Å². The molecule has 0 aliphatic heterocycles. The monoisotopic (exact) mass is 381 g/mol. The molecular formula is C19H16BrN3O. The minimum atomic E-state index is -0.283. The topological polar surface area (TPSA) is 54.0 Å². The van der Waals surface area contributed by atoms with Crippen molar-refractivity contribution in [3.8, 4) is 11.1 Å². The maximum absolute atomic E-state index is 12.1. The summed E-state index contributed by atoms with van der Waals surface area (Å²) in [5.41, 5.74) is 4.61. The molecule has 0 bridgehead atoms. The van der Waals surface area contributed by atoms with E-state index in [4.69, 9.17) is 0 Å². The van der Waals surface area contributed by atoms with E-state index in [0.29, 0.717) is 0 Å². The molecule has 2 amide bonds. The van der Waals surface area contributed by atoms with Crippen LogP contribution >= 0.6 is 15.9 Å². The number of aromatic nitrogens is 1. The standard InChI is InChI=1S/C19H16BrN3O/c1-13-12-15(10-11-21-13)14-6-8-16(9-7-14)22-19(24)23-18-5-3-2-4-17(18)20/h2-12H,1H3,(H2,22,23,24). The predicted molar refractivity (Wildman–Crippen MR) is 101 cm³/mol. The highest BCUT2D eigenvalue weighted by Gasteiger charge is 2.05. The van der Waals surface area contributed by atoms with Crippen LogP contribution in [0.1, 0.15) is 5.69 Å². The van der Waals surface area contributed by atoms with Crippen LogP contribution in [-0.2, 0) is 0 Å². The molecule has 3 aromatic rings. The van der Waals surface area contributed by atoms with Gasteiger partial charge in [-0.2, -0.15) is 0 Å². The molecule has 4 nitrogen and oxygen atoms in total. The van der Waals surface area contributed by atoms with E-state index >= 15 is 0 Å². The zero-order valence-electron chi connectivity index (χ0n) is 13.1. The van der Waals surface area contributed by atoms with Crippen LogP contribution in [0.4, 0.5) is 16.2 Å². The van der Waals surface area contributed by atoms with Crippen molar-refractivity contribution in [2.45, 2.75) is 6.92 Å². The number of amides is 2. The summed E-state index contributed by atoms with van der Waals surface area (Å²) in [6, 6.07) is 18.9. The molecule has 1 aromatic heterocycles. The fraction of sp³-hybridized carbons (Fsp3) is 0.0526. The third kappa shape index (κ3) is 4.00. The van der Waals surface area contributed by atoms with Gasteiger partial charge in [-0.05, 0) is 70.4 Å². The largest absolute Gasteiger partial charge is 0.323 e. The Labute approximate surface area is 149 Å². The van der Waals surface area contributed by atoms with Crippen molar-refractivity contribution in [1.29, 1.82) is 0 Å². The molecule has 1 heterocycles. The normalized spacial score (nSPS) is 10.2. The summed E-state index contributed by atoms with van der Waals surface area (Å²) < 4.78 is 0.837. The highest BCUT2D eigenvalue weighted by Crippen LogP contribution is 2.23. The van der Waals surface area contributed by atoms with Gasteiger partial charge in [-0.25, -0.2) is 4.79 Å². The Kier molecular flexibility index (Phi) is 4.91. The first-order chi connectivity index (χ1) is 11.6. The van der Waals surface area contributed by atoms with Crippen molar-refractivity contribution in [1.82, 2.24) is 4.98 Å². The van der Waals surface area contributed by atoms with E-state index in [0.717, 1.165) is 32.7 Å². The minimum Gasteiger partial charge on any atom is -0.308 e. The van der Waals surface area contributed by atoms with Crippen LogP contribution in [0.15, 0.2) is 71.3 Å². The fourth-order valence-corrected chi connectivity index (χ4v) is 2.70. The van der Waals surface area contributed by atoms with E-state index in [1.807, 2.05) is 67.6 Å². The smallest absolute Gasteiger partial charge is 0.308 e. The number of anilines is 2. The molecule has 0 radical (unpaired) electrons. The number of carbonyl (C=O) groups is 1. The number of hydrogen-bond donors (Lipinski definition) is 2. The number of benzene rings is 2. The van der Waals surface area contributed by atoms with Gasteiger partial charge < -0.3 is 10.6 Å². The molecule has 0 spiro atoms. The van der Waals surface area contributed by atoms with Crippen molar-refractivity contribution < 1.29 is 4.79 Å². The van der Waals surface area contributed by atoms with Gasteiger partial charge in [0.1, 0.15) is 0 Å². The zero-order valence-corrected chi connectivity index (χ0v) is 14.7. The molecule has 0 unspecified atom stereocenters. The summed E-state index contributed by atoms with van der Waals surface area (Å²) in [4.78, 5) is 16.3. The minimum absolute atomic E-state index is 0.283. The van der Waals surface area contributed by atoms with Crippen molar-refractivity contribution in [3.63, 3.8) is 0 Å². The number of para-hydroxylation sites is 1. The lowest BCUT2D eigenvalue weighted by atomic mass is 10.1. The number of aryl methyl sites for hydroxylation is 1. The number of nitrogens with one attached hydrogen (secondary N) is 2. The summed E-state index contributed by atoms with van der Waals surface area (Å²) in [6.07, 6.45) is 1.79. The van der Waals surface area contributed by atoms with Gasteiger partial charge in [-0.3, -0.25) is 4.98 Å². The Morgan fingerprint density at radius 3 is 2.42 bits per heavy atom. The highest BCUT2D eigenvalue weighted by atomic mass is 79.9. The van der Waals surface area contributed by atoms with Gasteiger partial charge in [0.15, 0.2) is 0 Å². The molecule has 0 aliphatic rings. The van der Waals surface area contributed by atoms with Crippen molar-refractivity contribution in [2.24, 2.45) is 0 Å². The molecule has 3 rings (SSSR count). The van der Waals surface area contributed by atoms with E-state index in [2.05, 4.69) is 31.5 Å². The second kappa shape index (κ2) is 7.27. The number of hydrogen-bond acceptors (Lipinski definition) is 2. The Morgan fingerprint density at radius 1 is 0.958 bits per heavy atom. The quantitative estimate of drug-likeness (QED) is 0.632. The van der Waals surface area contributed by atoms with Gasteiger partial charge in [0, 0.05) is 22.1 Å². The van der Waals surface area contributed by atoms with Crippen LogP contribution < -0.4 is 10.6 Å². The second-order valence-electron chi connectivity index (χ2n) is 5.32. The lowest BCUT2D eigenvalue weighted by molar-refractivity contribution is 0.262. The van der Waals surface area contributed by atoms with Gasteiger partial charge in [0.25, 0.3) is 0 Å². The van der Waals surface area contributed by atoms with Gasteiger partial charge in [-0.1, -0.05) is 24.3 Å². The lowest BCUT2D eigenvalue weighted by Gasteiger charge is -2.10. The third-order valence-corrected chi connectivity index (χ3v) is 4.19. The van der Waals surface area contributed by atoms with Crippen LogP contribution in [0.3, 0.4) is 0 Å². The van der Waals surface area contributed by atoms with Crippen molar-refractivity contribution >= 4 is 33.3 Å². The van der Waals surface area contributed by atoms with Gasteiger partial charge >= 0.3 is 6.03 Å². The Balaban J connectivity index is 1.68. The fourth-order valence-electron chi connectivity index (χ4n) is 2.32. The molecule has 0 atom stereocenters. The maximum atomic E-state index is 12.1. The van der Waals surface area contributed by atoms with Crippen LogP contribution in [0.25, 0.3) is 11.1 Å². The van der Waals surface area contributed by atoms with Crippen LogP contribution in [0, 0.1) is 6.92 Å². The first-order valence-electron chi connectivity index (χ1n) is 7.47. The molecule has 0 fully saturated rings. The average molecular weight is 382 g/mol. The molecular weight excluding hydrogens is 366 g/mol. The van der Waals surface area contributed by atoms with E-state index in [1.54, 1.807) is 6.20 Å². The Bertz CT molecular complexity index is 862. The van der Waals surface area contributed by atoms with Crippen LogP contribution in [0.2, 0.25) is 0 Å². The van der Waals surface area contributed by atoms with Crippen LogP contribution in [0.5, 0.6) is 0 Å². The average Bonchev–Trinajstić information content (AvgIpc) is 2.58. The maximum Gasteiger partial charge on any atom is 0.323 e. The summed E-state index contributed by atoms with van der Waals surface area (Å²) in [7, 11) is 0.